The molecule has 3 nitrogen and oxygen atoms in total. The van der Waals surface area contributed by atoms with E-state index in [0.29, 0.717) is 6.61 Å². The van der Waals surface area contributed by atoms with Crippen LogP contribution in [0.5, 0.6) is 5.88 Å². The topological polar surface area (TPSA) is 25.4 Å². The molecule has 78 valence electrons. The second kappa shape index (κ2) is 5.32. The third-order valence-corrected chi connectivity index (χ3v) is 2.21. The summed E-state index contributed by atoms with van der Waals surface area (Å²) in [5.41, 5.74) is 1.05. The van der Waals surface area contributed by atoms with E-state index >= 15 is 0 Å². The quantitative estimate of drug-likeness (QED) is 0.827. The van der Waals surface area contributed by atoms with Crippen molar-refractivity contribution in [3.05, 3.63) is 22.3 Å². The Bertz CT molecular complexity index is 302. The molecular formula is C10H15BrN2O. The SMILES string of the molecule is Cc1cc(Br)cnc1OCCN(C)C. The summed E-state index contributed by atoms with van der Waals surface area (Å²) < 4.78 is 6.51. The average Bonchev–Trinajstić information content (AvgIpc) is 2.08. The van der Waals surface area contributed by atoms with Gasteiger partial charge in [0.2, 0.25) is 5.88 Å². The van der Waals surface area contributed by atoms with Crippen LogP contribution in [0.4, 0.5) is 0 Å². The van der Waals surface area contributed by atoms with E-state index in [1.165, 1.54) is 0 Å². The van der Waals surface area contributed by atoms with Gasteiger partial charge in [-0.05, 0) is 43.0 Å². The molecule has 14 heavy (non-hydrogen) atoms. The van der Waals surface area contributed by atoms with Crippen LogP contribution < -0.4 is 4.74 Å². The molecule has 0 radical (unpaired) electrons. The fraction of sp³-hybridized carbons (Fsp3) is 0.500. The van der Waals surface area contributed by atoms with Gasteiger partial charge in [-0.2, -0.15) is 0 Å². The van der Waals surface area contributed by atoms with Gasteiger partial charge in [0.1, 0.15) is 6.61 Å². The van der Waals surface area contributed by atoms with Crippen molar-refractivity contribution in [1.82, 2.24) is 9.88 Å². The molecule has 1 rings (SSSR count). The summed E-state index contributed by atoms with van der Waals surface area (Å²) in [4.78, 5) is 6.26. The fourth-order valence-corrected chi connectivity index (χ4v) is 1.45. The molecule has 1 aromatic heterocycles. The molecule has 0 aliphatic carbocycles. The Balaban J connectivity index is 2.51. The molecule has 1 heterocycles. The van der Waals surface area contributed by atoms with Gasteiger partial charge in [0.25, 0.3) is 0 Å². The van der Waals surface area contributed by atoms with E-state index in [4.69, 9.17) is 4.74 Å². The first kappa shape index (κ1) is 11.5. The fourth-order valence-electron chi connectivity index (χ4n) is 1.00. The summed E-state index contributed by atoms with van der Waals surface area (Å²) in [6.07, 6.45) is 1.75. The lowest BCUT2D eigenvalue weighted by Gasteiger charge is -2.11. The first-order valence-corrected chi connectivity index (χ1v) is 5.28. The minimum absolute atomic E-state index is 0.669. The van der Waals surface area contributed by atoms with Crippen molar-refractivity contribution in [2.24, 2.45) is 0 Å². The van der Waals surface area contributed by atoms with Crippen LogP contribution in [0.1, 0.15) is 5.56 Å². The van der Waals surface area contributed by atoms with E-state index < -0.39 is 0 Å². The molecular weight excluding hydrogens is 244 g/mol. The standard InChI is InChI=1S/C10H15BrN2O/c1-8-6-9(11)7-12-10(8)14-5-4-13(2)3/h6-7H,4-5H2,1-3H3. The Morgan fingerprint density at radius 2 is 2.21 bits per heavy atom. The summed E-state index contributed by atoms with van der Waals surface area (Å²) in [6, 6.07) is 2.00. The number of hydrogen-bond donors (Lipinski definition) is 0. The molecule has 0 spiro atoms. The minimum atomic E-state index is 0.669. The first-order valence-electron chi connectivity index (χ1n) is 4.49. The summed E-state index contributed by atoms with van der Waals surface area (Å²) >= 11 is 3.36. The second-order valence-corrected chi connectivity index (χ2v) is 4.34. The Hall–Kier alpha value is -0.610. The van der Waals surface area contributed by atoms with Crippen LogP contribution in [-0.4, -0.2) is 37.1 Å². The van der Waals surface area contributed by atoms with Crippen LogP contribution in [-0.2, 0) is 0 Å². The highest BCUT2D eigenvalue weighted by Gasteiger charge is 2.01. The van der Waals surface area contributed by atoms with Gasteiger partial charge in [0.05, 0.1) is 0 Å². The number of rotatable bonds is 4. The molecule has 0 fully saturated rings. The van der Waals surface area contributed by atoms with Crippen LogP contribution in [0.2, 0.25) is 0 Å². The third-order valence-electron chi connectivity index (χ3n) is 1.77. The smallest absolute Gasteiger partial charge is 0.216 e. The highest BCUT2D eigenvalue weighted by atomic mass is 79.9. The Morgan fingerprint density at radius 3 is 2.79 bits per heavy atom. The maximum Gasteiger partial charge on any atom is 0.216 e. The van der Waals surface area contributed by atoms with Gasteiger partial charge >= 0.3 is 0 Å². The molecule has 0 saturated carbocycles. The number of nitrogens with zero attached hydrogens (tertiary/aromatic N) is 2. The lowest BCUT2D eigenvalue weighted by atomic mass is 10.3. The van der Waals surface area contributed by atoms with Crippen molar-refractivity contribution in [3.8, 4) is 5.88 Å². The molecule has 0 aliphatic rings. The molecule has 0 atom stereocenters. The summed E-state index contributed by atoms with van der Waals surface area (Å²) in [5, 5.41) is 0. The molecule has 0 aromatic carbocycles. The van der Waals surface area contributed by atoms with E-state index in [-0.39, 0.29) is 0 Å². The summed E-state index contributed by atoms with van der Waals surface area (Å²) in [6.45, 7) is 3.56. The molecule has 0 amide bonds. The monoisotopic (exact) mass is 258 g/mol. The zero-order valence-corrected chi connectivity index (χ0v) is 10.3. The number of ether oxygens (including phenoxy) is 1. The number of aromatic nitrogens is 1. The zero-order chi connectivity index (χ0) is 10.6. The summed E-state index contributed by atoms with van der Waals surface area (Å²) in [5.74, 6) is 0.718. The van der Waals surface area contributed by atoms with Crippen molar-refractivity contribution in [3.63, 3.8) is 0 Å². The van der Waals surface area contributed by atoms with E-state index in [1.54, 1.807) is 6.20 Å². The predicted molar refractivity (Wildman–Crippen MR) is 60.7 cm³/mol. The van der Waals surface area contributed by atoms with Crippen molar-refractivity contribution >= 4 is 15.9 Å². The van der Waals surface area contributed by atoms with Gasteiger partial charge in [-0.15, -0.1) is 0 Å². The van der Waals surface area contributed by atoms with Crippen LogP contribution in [0.25, 0.3) is 0 Å². The molecule has 0 bridgehead atoms. The number of hydrogen-bond acceptors (Lipinski definition) is 3. The van der Waals surface area contributed by atoms with E-state index in [1.807, 2.05) is 27.1 Å². The van der Waals surface area contributed by atoms with Crippen LogP contribution in [0.3, 0.4) is 0 Å². The minimum Gasteiger partial charge on any atom is -0.476 e. The molecule has 0 aliphatic heterocycles. The van der Waals surface area contributed by atoms with Gasteiger partial charge in [0, 0.05) is 22.8 Å². The summed E-state index contributed by atoms with van der Waals surface area (Å²) in [7, 11) is 4.04. The van der Waals surface area contributed by atoms with Crippen molar-refractivity contribution in [2.45, 2.75) is 6.92 Å². The third kappa shape index (κ3) is 3.64. The van der Waals surface area contributed by atoms with Gasteiger partial charge in [0.15, 0.2) is 0 Å². The van der Waals surface area contributed by atoms with Gasteiger partial charge < -0.3 is 9.64 Å². The molecule has 0 saturated heterocycles. The van der Waals surface area contributed by atoms with Gasteiger partial charge in [-0.25, -0.2) is 4.98 Å². The van der Waals surface area contributed by atoms with Crippen LogP contribution in [0.15, 0.2) is 16.7 Å². The second-order valence-electron chi connectivity index (χ2n) is 3.43. The Morgan fingerprint density at radius 1 is 1.50 bits per heavy atom. The normalized spacial score (nSPS) is 10.6. The van der Waals surface area contributed by atoms with E-state index in [9.17, 15) is 0 Å². The van der Waals surface area contributed by atoms with Crippen molar-refractivity contribution in [2.75, 3.05) is 27.2 Å². The number of likely N-dealkylation sites (N-methyl/N-ethyl adjacent to an activating group) is 1. The average molecular weight is 259 g/mol. The van der Waals surface area contributed by atoms with Crippen molar-refractivity contribution in [1.29, 1.82) is 0 Å². The predicted octanol–water partition coefficient (Wildman–Crippen LogP) is 2.09. The number of aryl methyl sites for hydroxylation is 1. The van der Waals surface area contributed by atoms with Crippen molar-refractivity contribution < 1.29 is 4.74 Å². The lowest BCUT2D eigenvalue weighted by molar-refractivity contribution is 0.252. The highest BCUT2D eigenvalue weighted by Crippen LogP contribution is 2.18. The maximum absolute atomic E-state index is 5.53. The van der Waals surface area contributed by atoms with Gasteiger partial charge in [-0.3, -0.25) is 0 Å². The molecule has 1 aromatic rings. The number of pyridine rings is 1. The largest absolute Gasteiger partial charge is 0.476 e. The maximum atomic E-state index is 5.53. The molecule has 0 unspecified atom stereocenters. The zero-order valence-electron chi connectivity index (χ0n) is 8.75. The Kier molecular flexibility index (Phi) is 4.35. The number of halogens is 1. The Labute approximate surface area is 93.2 Å². The van der Waals surface area contributed by atoms with E-state index in [0.717, 1.165) is 22.5 Å². The van der Waals surface area contributed by atoms with Crippen LogP contribution in [0, 0.1) is 6.92 Å². The van der Waals surface area contributed by atoms with E-state index in [2.05, 4.69) is 25.8 Å². The highest BCUT2D eigenvalue weighted by molar-refractivity contribution is 9.10. The lowest BCUT2D eigenvalue weighted by Crippen LogP contribution is -2.19. The molecule has 4 heteroatoms. The first-order chi connectivity index (χ1) is 6.59. The van der Waals surface area contributed by atoms with Crippen LogP contribution >= 0.6 is 15.9 Å². The van der Waals surface area contributed by atoms with Gasteiger partial charge in [-0.1, -0.05) is 0 Å². The molecule has 0 N–H and O–H groups in total.